The molecule has 0 saturated carbocycles. The van der Waals surface area contributed by atoms with Crippen LogP contribution in [0.15, 0.2) is 38.6 Å². The zero-order valence-electron chi connectivity index (χ0n) is 10.9. The van der Waals surface area contributed by atoms with Gasteiger partial charge in [0.2, 0.25) is 11.7 Å². The minimum atomic E-state index is -0.00861. The first-order chi connectivity index (χ1) is 10.1. The third kappa shape index (κ3) is 2.98. The molecule has 0 N–H and O–H groups in total. The minimum Gasteiger partial charge on any atom is -0.312 e. The molecule has 0 aliphatic carbocycles. The molecular formula is C15H11Br2NO2S. The standard InChI is InChI=1S/C15H11Br2NO2S/c16-11-8-12(21-15(11)17)14(20)9-3-5-10(6-4-9)18-7-1-2-13(18)19/h3-6,8H,1-2,7H2. The Morgan fingerprint density at radius 3 is 2.43 bits per heavy atom. The number of rotatable bonds is 3. The highest BCUT2D eigenvalue weighted by molar-refractivity contribution is 9.13. The van der Waals surface area contributed by atoms with E-state index in [2.05, 4.69) is 31.9 Å². The number of nitrogens with zero attached hydrogens (tertiary/aromatic N) is 1. The number of thiophene rings is 1. The van der Waals surface area contributed by atoms with Gasteiger partial charge in [-0.05, 0) is 68.6 Å². The molecule has 0 radical (unpaired) electrons. The lowest BCUT2D eigenvalue weighted by molar-refractivity contribution is -0.117. The van der Waals surface area contributed by atoms with Crippen molar-refractivity contribution >= 4 is 60.6 Å². The second-order valence-corrected chi connectivity index (χ2v) is 7.98. The highest BCUT2D eigenvalue weighted by Crippen LogP contribution is 2.33. The molecule has 1 aromatic carbocycles. The molecule has 0 unspecified atom stereocenters. The van der Waals surface area contributed by atoms with Crippen LogP contribution >= 0.6 is 43.2 Å². The molecule has 0 spiro atoms. The van der Waals surface area contributed by atoms with Crippen LogP contribution in [0.3, 0.4) is 0 Å². The van der Waals surface area contributed by atoms with E-state index in [-0.39, 0.29) is 11.7 Å². The first-order valence-corrected chi connectivity index (χ1v) is 8.86. The molecule has 0 bridgehead atoms. The van der Waals surface area contributed by atoms with Gasteiger partial charge in [-0.15, -0.1) is 11.3 Å². The first-order valence-electron chi connectivity index (χ1n) is 6.46. The summed E-state index contributed by atoms with van der Waals surface area (Å²) in [5.74, 6) is 0.144. The Labute approximate surface area is 143 Å². The van der Waals surface area contributed by atoms with E-state index in [1.165, 1.54) is 11.3 Å². The summed E-state index contributed by atoms with van der Waals surface area (Å²) >= 11 is 8.18. The molecule has 1 aromatic heterocycles. The molecule has 3 rings (SSSR count). The number of halogens is 2. The van der Waals surface area contributed by atoms with Crippen molar-refractivity contribution in [1.29, 1.82) is 0 Å². The van der Waals surface area contributed by atoms with Crippen LogP contribution in [0.25, 0.3) is 0 Å². The molecule has 1 aliphatic heterocycles. The Hall–Kier alpha value is -0.980. The summed E-state index contributed by atoms with van der Waals surface area (Å²) in [5.41, 5.74) is 1.49. The summed E-state index contributed by atoms with van der Waals surface area (Å²) in [7, 11) is 0. The molecule has 6 heteroatoms. The zero-order chi connectivity index (χ0) is 15.0. The van der Waals surface area contributed by atoms with E-state index >= 15 is 0 Å². The number of benzene rings is 1. The van der Waals surface area contributed by atoms with Gasteiger partial charge >= 0.3 is 0 Å². The van der Waals surface area contributed by atoms with Crippen molar-refractivity contribution < 1.29 is 9.59 Å². The topological polar surface area (TPSA) is 37.4 Å². The Morgan fingerprint density at radius 1 is 1.19 bits per heavy atom. The van der Waals surface area contributed by atoms with Gasteiger partial charge in [0.1, 0.15) is 0 Å². The highest BCUT2D eigenvalue weighted by atomic mass is 79.9. The van der Waals surface area contributed by atoms with Crippen LogP contribution in [0, 0.1) is 0 Å². The maximum Gasteiger partial charge on any atom is 0.227 e. The summed E-state index contributed by atoms with van der Waals surface area (Å²) in [4.78, 5) is 26.6. The van der Waals surface area contributed by atoms with Gasteiger partial charge in [0, 0.05) is 28.7 Å². The molecule has 1 amide bonds. The van der Waals surface area contributed by atoms with Gasteiger partial charge in [-0.2, -0.15) is 0 Å². The summed E-state index contributed by atoms with van der Waals surface area (Å²) in [5, 5.41) is 0. The van der Waals surface area contributed by atoms with Crippen LogP contribution in [0.1, 0.15) is 28.1 Å². The molecule has 1 saturated heterocycles. The second-order valence-electron chi connectivity index (χ2n) is 4.76. The average molecular weight is 429 g/mol. The number of ketones is 1. The molecular weight excluding hydrogens is 418 g/mol. The Kier molecular flexibility index (Phi) is 4.28. The van der Waals surface area contributed by atoms with Crippen LogP contribution in [0.5, 0.6) is 0 Å². The van der Waals surface area contributed by atoms with E-state index in [0.29, 0.717) is 16.9 Å². The van der Waals surface area contributed by atoms with Crippen LogP contribution in [0.4, 0.5) is 5.69 Å². The van der Waals surface area contributed by atoms with Crippen LogP contribution < -0.4 is 4.90 Å². The van der Waals surface area contributed by atoms with E-state index in [0.717, 1.165) is 26.9 Å². The Bertz CT molecular complexity index is 689. The highest BCUT2D eigenvalue weighted by Gasteiger charge is 2.22. The fourth-order valence-corrected chi connectivity index (χ4v) is 4.31. The summed E-state index contributed by atoms with van der Waals surface area (Å²) < 4.78 is 1.79. The van der Waals surface area contributed by atoms with Crippen molar-refractivity contribution in [3.63, 3.8) is 0 Å². The molecule has 108 valence electrons. The van der Waals surface area contributed by atoms with Gasteiger partial charge in [-0.3, -0.25) is 9.59 Å². The van der Waals surface area contributed by atoms with Gasteiger partial charge in [-0.1, -0.05) is 0 Å². The predicted molar refractivity (Wildman–Crippen MR) is 91.2 cm³/mol. The third-order valence-corrected chi connectivity index (χ3v) is 6.64. The smallest absolute Gasteiger partial charge is 0.227 e. The van der Waals surface area contributed by atoms with E-state index in [9.17, 15) is 9.59 Å². The molecule has 2 heterocycles. The normalized spacial score (nSPS) is 14.8. The predicted octanol–water partition coefficient (Wildman–Crippen LogP) is 4.63. The monoisotopic (exact) mass is 427 g/mol. The van der Waals surface area contributed by atoms with Crippen LogP contribution in [-0.2, 0) is 4.79 Å². The van der Waals surface area contributed by atoms with Crippen molar-refractivity contribution in [2.45, 2.75) is 12.8 Å². The Morgan fingerprint density at radius 2 is 1.90 bits per heavy atom. The van der Waals surface area contributed by atoms with Gasteiger partial charge < -0.3 is 4.90 Å². The van der Waals surface area contributed by atoms with Crippen molar-refractivity contribution in [3.05, 3.63) is 49.0 Å². The minimum absolute atomic E-state index is 0.00861. The SMILES string of the molecule is O=C(c1ccc(N2CCCC2=O)cc1)c1cc(Br)c(Br)s1. The van der Waals surface area contributed by atoms with Crippen molar-refractivity contribution in [1.82, 2.24) is 0 Å². The molecule has 3 nitrogen and oxygen atoms in total. The quantitative estimate of drug-likeness (QED) is 0.668. The number of anilines is 1. The Balaban J connectivity index is 1.83. The number of amides is 1. The largest absolute Gasteiger partial charge is 0.312 e. The maximum absolute atomic E-state index is 12.4. The van der Waals surface area contributed by atoms with Gasteiger partial charge in [0.25, 0.3) is 0 Å². The number of hydrogen-bond donors (Lipinski definition) is 0. The van der Waals surface area contributed by atoms with Crippen molar-refractivity contribution in [3.8, 4) is 0 Å². The molecule has 0 atom stereocenters. The average Bonchev–Trinajstić information content (AvgIpc) is 3.05. The van der Waals surface area contributed by atoms with Crippen molar-refractivity contribution in [2.75, 3.05) is 11.4 Å². The van der Waals surface area contributed by atoms with Gasteiger partial charge in [-0.25, -0.2) is 0 Å². The lowest BCUT2D eigenvalue weighted by atomic mass is 10.1. The van der Waals surface area contributed by atoms with E-state index < -0.39 is 0 Å². The fraction of sp³-hybridized carbons (Fsp3) is 0.200. The summed E-state index contributed by atoms with van der Waals surface area (Å²) in [6.45, 7) is 0.761. The summed E-state index contributed by atoms with van der Waals surface area (Å²) in [6, 6.07) is 9.06. The third-order valence-electron chi connectivity index (χ3n) is 3.38. The summed E-state index contributed by atoms with van der Waals surface area (Å²) in [6.07, 6.45) is 1.51. The van der Waals surface area contributed by atoms with Crippen LogP contribution in [-0.4, -0.2) is 18.2 Å². The van der Waals surface area contributed by atoms with Crippen LogP contribution in [0.2, 0.25) is 0 Å². The maximum atomic E-state index is 12.4. The number of carbonyl (C=O) groups excluding carboxylic acids is 2. The number of carbonyl (C=O) groups is 2. The zero-order valence-corrected chi connectivity index (χ0v) is 14.9. The molecule has 21 heavy (non-hydrogen) atoms. The lowest BCUT2D eigenvalue weighted by Crippen LogP contribution is -2.23. The van der Waals surface area contributed by atoms with E-state index in [4.69, 9.17) is 0 Å². The van der Waals surface area contributed by atoms with E-state index in [1.54, 1.807) is 17.0 Å². The van der Waals surface area contributed by atoms with Crippen molar-refractivity contribution in [2.24, 2.45) is 0 Å². The fourth-order valence-electron chi connectivity index (χ4n) is 2.31. The molecule has 2 aromatic rings. The molecule has 1 fully saturated rings. The van der Waals surface area contributed by atoms with E-state index in [1.807, 2.05) is 18.2 Å². The molecule has 1 aliphatic rings. The first kappa shape index (κ1) is 14.9. The van der Waals surface area contributed by atoms with Gasteiger partial charge in [0.15, 0.2) is 0 Å². The van der Waals surface area contributed by atoms with Gasteiger partial charge in [0.05, 0.1) is 8.66 Å². The second kappa shape index (κ2) is 6.02. The number of hydrogen-bond acceptors (Lipinski definition) is 3. The lowest BCUT2D eigenvalue weighted by Gasteiger charge is -2.15.